The van der Waals surface area contributed by atoms with Crippen LogP contribution in [-0.2, 0) is 19.6 Å². The van der Waals surface area contributed by atoms with Crippen LogP contribution in [0.5, 0.6) is 5.75 Å². The molecule has 0 saturated heterocycles. The summed E-state index contributed by atoms with van der Waals surface area (Å²) >= 11 is 0. The fraction of sp³-hybridized carbons (Fsp3) is 0.391. The number of sulfonamides is 1. The first-order chi connectivity index (χ1) is 15.9. The van der Waals surface area contributed by atoms with Crippen molar-refractivity contribution in [2.45, 2.75) is 43.5 Å². The Hall–Kier alpha value is -3.29. The molecule has 1 aromatic carbocycles. The van der Waals surface area contributed by atoms with Gasteiger partial charge in [0, 0.05) is 31.3 Å². The Morgan fingerprint density at radius 3 is 2.82 bits per heavy atom. The van der Waals surface area contributed by atoms with Crippen LogP contribution in [0.15, 0.2) is 58.5 Å². The molecule has 10 heteroatoms. The van der Waals surface area contributed by atoms with E-state index in [0.29, 0.717) is 30.8 Å². The van der Waals surface area contributed by atoms with E-state index in [-0.39, 0.29) is 24.3 Å². The van der Waals surface area contributed by atoms with Crippen molar-refractivity contribution in [3.8, 4) is 18.1 Å². The van der Waals surface area contributed by atoms with E-state index in [1.54, 1.807) is 37.3 Å². The lowest BCUT2D eigenvalue weighted by molar-refractivity contribution is -0.143. The topological polar surface area (TPSA) is 119 Å². The number of pyridine rings is 1. The lowest BCUT2D eigenvalue weighted by atomic mass is 10.1. The normalized spacial score (nSPS) is 12.7. The van der Waals surface area contributed by atoms with E-state index in [1.807, 2.05) is 0 Å². The second kappa shape index (κ2) is 13.3. The maximum absolute atomic E-state index is 12.8. The molecule has 1 aromatic heterocycles. The Bertz CT molecular complexity index is 1120. The summed E-state index contributed by atoms with van der Waals surface area (Å²) in [4.78, 5) is 16.0. The lowest BCUT2D eigenvalue weighted by Gasteiger charge is -2.16. The van der Waals surface area contributed by atoms with Crippen LogP contribution in [0.1, 0.15) is 32.6 Å². The summed E-state index contributed by atoms with van der Waals surface area (Å²) in [6, 6.07) is 10.5. The summed E-state index contributed by atoms with van der Waals surface area (Å²) in [6.45, 7) is 2.77. The maximum atomic E-state index is 12.8. The van der Waals surface area contributed by atoms with Crippen molar-refractivity contribution in [2.24, 2.45) is 4.99 Å². The van der Waals surface area contributed by atoms with Gasteiger partial charge in [-0.15, -0.1) is 12.3 Å². The molecule has 0 fully saturated rings. The molecule has 178 valence electrons. The number of aromatic nitrogens is 1. The molecule has 2 aromatic rings. The molecule has 0 amide bonds. The van der Waals surface area contributed by atoms with Crippen LogP contribution in [0.3, 0.4) is 0 Å². The molecule has 1 atom stereocenters. The molecule has 0 aliphatic heterocycles. The van der Waals surface area contributed by atoms with E-state index in [1.165, 1.54) is 18.3 Å². The molecule has 0 aliphatic rings. The maximum Gasteiger partial charge on any atom is 0.307 e. The van der Waals surface area contributed by atoms with Crippen LogP contribution in [-0.4, -0.2) is 50.1 Å². The van der Waals surface area contributed by atoms with Crippen molar-refractivity contribution in [2.75, 3.05) is 19.8 Å². The quantitative estimate of drug-likeness (QED) is 0.198. The highest BCUT2D eigenvalue weighted by atomic mass is 32.2. The smallest absolute Gasteiger partial charge is 0.307 e. The highest BCUT2D eigenvalue weighted by molar-refractivity contribution is 7.89. The number of ether oxygens (including phenoxy) is 2. The molecule has 0 bridgehead atoms. The van der Waals surface area contributed by atoms with Gasteiger partial charge in [-0.3, -0.25) is 9.79 Å². The molecule has 2 N–H and O–H groups in total. The van der Waals surface area contributed by atoms with Gasteiger partial charge in [-0.1, -0.05) is 12.1 Å². The standard InChI is InChI=1S/C23H29N3O6S/c1-3-10-19(17-23(27)31-4-2)25-33(29,30)21-12-9-11-20(18-21)32-16-8-6-14-24-22-13-5-7-15-26(22)28/h1,5,7,9,11-13,15,18-19,25,28H,4,6,8,10,14,16-17H2,2H3/t19-/m0/s1. The van der Waals surface area contributed by atoms with Crippen LogP contribution < -0.4 is 14.9 Å². The number of hydrogen-bond donors (Lipinski definition) is 2. The Morgan fingerprint density at radius 2 is 2.09 bits per heavy atom. The van der Waals surface area contributed by atoms with Gasteiger partial charge >= 0.3 is 5.97 Å². The number of rotatable bonds is 13. The molecule has 0 unspecified atom stereocenters. The lowest BCUT2D eigenvalue weighted by Crippen LogP contribution is -2.36. The van der Waals surface area contributed by atoms with Crippen LogP contribution >= 0.6 is 0 Å². The summed E-state index contributed by atoms with van der Waals surface area (Å²) in [5, 5.41) is 9.62. The van der Waals surface area contributed by atoms with Crippen molar-refractivity contribution in [1.82, 2.24) is 9.45 Å². The third kappa shape index (κ3) is 9.00. The van der Waals surface area contributed by atoms with Gasteiger partial charge in [0.2, 0.25) is 10.0 Å². The first-order valence-electron chi connectivity index (χ1n) is 10.6. The third-order valence-electron chi connectivity index (χ3n) is 4.43. The predicted octanol–water partition coefficient (Wildman–Crippen LogP) is 2.11. The fourth-order valence-electron chi connectivity index (χ4n) is 2.89. The number of nitrogens with one attached hydrogen (secondary N) is 1. The Kier molecular flexibility index (Phi) is 10.5. The van der Waals surface area contributed by atoms with Gasteiger partial charge in [0.25, 0.3) is 0 Å². The minimum Gasteiger partial charge on any atom is -0.494 e. The van der Waals surface area contributed by atoms with E-state index in [4.69, 9.17) is 15.9 Å². The summed E-state index contributed by atoms with van der Waals surface area (Å²) in [5.74, 6) is 2.26. The number of nitrogens with zero attached hydrogens (tertiary/aromatic N) is 2. The zero-order chi connectivity index (χ0) is 24.1. The molecule has 0 spiro atoms. The van der Waals surface area contributed by atoms with Crippen LogP contribution in [0.25, 0.3) is 0 Å². The number of esters is 1. The molecule has 0 aliphatic carbocycles. The minimum absolute atomic E-state index is 0.0115. The zero-order valence-electron chi connectivity index (χ0n) is 18.5. The first-order valence-corrected chi connectivity index (χ1v) is 12.1. The van der Waals surface area contributed by atoms with Gasteiger partial charge in [0.05, 0.1) is 24.5 Å². The summed E-state index contributed by atoms with van der Waals surface area (Å²) < 4.78 is 39.5. The van der Waals surface area contributed by atoms with E-state index < -0.39 is 22.0 Å². The first kappa shape index (κ1) is 26.0. The predicted molar refractivity (Wildman–Crippen MR) is 122 cm³/mol. The van der Waals surface area contributed by atoms with Gasteiger partial charge < -0.3 is 14.7 Å². The molecule has 0 saturated carbocycles. The van der Waals surface area contributed by atoms with Crippen molar-refractivity contribution in [1.29, 1.82) is 0 Å². The third-order valence-corrected chi connectivity index (χ3v) is 5.95. The second-order valence-electron chi connectivity index (χ2n) is 7.05. The van der Waals surface area contributed by atoms with E-state index >= 15 is 0 Å². The van der Waals surface area contributed by atoms with Gasteiger partial charge in [-0.2, -0.15) is 4.73 Å². The molecular weight excluding hydrogens is 446 g/mol. The van der Waals surface area contributed by atoms with Crippen molar-refractivity contribution in [3.63, 3.8) is 0 Å². The van der Waals surface area contributed by atoms with Gasteiger partial charge in [-0.25, -0.2) is 13.1 Å². The Morgan fingerprint density at radius 1 is 1.27 bits per heavy atom. The van der Waals surface area contributed by atoms with Crippen LogP contribution in [0.2, 0.25) is 0 Å². The summed E-state index contributed by atoms with van der Waals surface area (Å²) in [5.41, 5.74) is 0.468. The van der Waals surface area contributed by atoms with Gasteiger partial charge in [-0.05, 0) is 44.0 Å². The second-order valence-corrected chi connectivity index (χ2v) is 8.77. The SMILES string of the molecule is C#CC[C@@H](CC(=O)OCC)NS(=O)(=O)c1cccc(OCCCCN=c2ccccn2O)c1. The van der Waals surface area contributed by atoms with Crippen LogP contribution in [0, 0.1) is 12.3 Å². The number of carbonyl (C=O) groups excluding carboxylic acids is 1. The summed E-state index contributed by atoms with van der Waals surface area (Å²) in [6.07, 6.45) is 8.14. The molecule has 0 radical (unpaired) electrons. The molecule has 2 rings (SSSR count). The number of hydrogen-bond acceptors (Lipinski definition) is 7. The number of unbranched alkanes of at least 4 members (excludes halogenated alkanes) is 1. The average molecular weight is 476 g/mol. The molecule has 1 heterocycles. The molecule has 9 nitrogen and oxygen atoms in total. The fourth-order valence-corrected chi connectivity index (χ4v) is 4.16. The number of carbonyl (C=O) groups is 1. The Balaban J connectivity index is 1.90. The van der Waals surface area contributed by atoms with E-state index in [2.05, 4.69) is 15.6 Å². The van der Waals surface area contributed by atoms with Crippen molar-refractivity contribution >= 4 is 16.0 Å². The van der Waals surface area contributed by atoms with Crippen LogP contribution in [0.4, 0.5) is 0 Å². The monoisotopic (exact) mass is 475 g/mol. The number of terminal acetylenes is 1. The molecule has 33 heavy (non-hydrogen) atoms. The van der Waals surface area contributed by atoms with Gasteiger partial charge in [0.15, 0.2) is 5.49 Å². The molecular formula is C23H29N3O6S. The van der Waals surface area contributed by atoms with E-state index in [0.717, 1.165) is 11.2 Å². The van der Waals surface area contributed by atoms with E-state index in [9.17, 15) is 18.4 Å². The average Bonchev–Trinajstić information content (AvgIpc) is 2.77. The highest BCUT2D eigenvalue weighted by Crippen LogP contribution is 2.19. The number of benzene rings is 1. The summed E-state index contributed by atoms with van der Waals surface area (Å²) in [7, 11) is -3.91. The van der Waals surface area contributed by atoms with Crippen molar-refractivity contribution in [3.05, 3.63) is 54.1 Å². The largest absolute Gasteiger partial charge is 0.494 e. The zero-order valence-corrected chi connectivity index (χ0v) is 19.3. The van der Waals surface area contributed by atoms with Gasteiger partial charge in [0.1, 0.15) is 5.75 Å². The minimum atomic E-state index is -3.91. The Labute approximate surface area is 194 Å². The van der Waals surface area contributed by atoms with Crippen molar-refractivity contribution < 1.29 is 27.9 Å². The highest BCUT2D eigenvalue weighted by Gasteiger charge is 2.22.